The first-order valence-corrected chi connectivity index (χ1v) is 6.00. The number of hydrogen-bond donors (Lipinski definition) is 1. The number of aromatic amines is 1. The number of hydrogen-bond acceptors (Lipinski definition) is 5. The van der Waals surface area contributed by atoms with Gasteiger partial charge in [-0.2, -0.15) is 4.98 Å². The van der Waals surface area contributed by atoms with Crippen molar-refractivity contribution in [2.24, 2.45) is 0 Å². The van der Waals surface area contributed by atoms with Crippen LogP contribution in [-0.4, -0.2) is 20.1 Å². The summed E-state index contributed by atoms with van der Waals surface area (Å²) in [6.07, 6.45) is 2.32. The van der Waals surface area contributed by atoms with Crippen molar-refractivity contribution in [3.05, 3.63) is 40.2 Å². The lowest BCUT2D eigenvalue weighted by Crippen LogP contribution is -2.09. The van der Waals surface area contributed by atoms with Crippen LogP contribution in [-0.2, 0) is 6.42 Å². The summed E-state index contributed by atoms with van der Waals surface area (Å²) in [5.74, 6) is 0.820. The minimum absolute atomic E-state index is 0.239. The zero-order valence-electron chi connectivity index (χ0n) is 10.6. The summed E-state index contributed by atoms with van der Waals surface area (Å²) in [5, 5.41) is 4.67. The van der Waals surface area contributed by atoms with E-state index in [1.807, 2.05) is 13.8 Å². The van der Waals surface area contributed by atoms with E-state index in [4.69, 9.17) is 4.52 Å². The first-order valence-electron chi connectivity index (χ1n) is 6.00. The predicted octanol–water partition coefficient (Wildman–Crippen LogP) is 1.84. The van der Waals surface area contributed by atoms with Gasteiger partial charge in [0.2, 0.25) is 0 Å². The molecule has 0 amide bonds. The van der Waals surface area contributed by atoms with E-state index >= 15 is 0 Å². The van der Waals surface area contributed by atoms with Crippen molar-refractivity contribution in [2.45, 2.75) is 20.3 Å². The molecule has 96 valence electrons. The molecule has 0 fully saturated rings. The molecule has 0 saturated carbocycles. The van der Waals surface area contributed by atoms with E-state index in [1.54, 1.807) is 18.3 Å². The Kier molecular flexibility index (Phi) is 2.63. The normalized spacial score (nSPS) is 11.1. The lowest BCUT2D eigenvalue weighted by atomic mass is 10.1. The number of nitrogens with one attached hydrogen (secondary N) is 1. The monoisotopic (exact) mass is 256 g/mol. The van der Waals surface area contributed by atoms with E-state index in [-0.39, 0.29) is 11.4 Å². The van der Waals surface area contributed by atoms with Crippen molar-refractivity contribution in [3.63, 3.8) is 0 Å². The molecule has 0 atom stereocenters. The van der Waals surface area contributed by atoms with Crippen molar-refractivity contribution in [3.8, 4) is 11.5 Å². The van der Waals surface area contributed by atoms with Gasteiger partial charge < -0.3 is 9.51 Å². The van der Waals surface area contributed by atoms with Crippen LogP contribution in [0.5, 0.6) is 0 Å². The van der Waals surface area contributed by atoms with Gasteiger partial charge in [0.1, 0.15) is 5.56 Å². The van der Waals surface area contributed by atoms with Crippen molar-refractivity contribution in [2.75, 3.05) is 0 Å². The van der Waals surface area contributed by atoms with Crippen LogP contribution in [0.25, 0.3) is 22.4 Å². The smallest absolute Gasteiger partial charge is 0.263 e. The van der Waals surface area contributed by atoms with Crippen molar-refractivity contribution in [1.82, 2.24) is 20.1 Å². The van der Waals surface area contributed by atoms with Crippen LogP contribution in [0.3, 0.4) is 0 Å². The highest BCUT2D eigenvalue weighted by molar-refractivity contribution is 5.83. The number of H-pyrrole nitrogens is 1. The molecule has 3 aromatic heterocycles. The van der Waals surface area contributed by atoms with Crippen LogP contribution in [0, 0.1) is 6.92 Å². The number of rotatable bonds is 2. The lowest BCUT2D eigenvalue weighted by molar-refractivity contribution is 0.423. The molecule has 0 spiro atoms. The van der Waals surface area contributed by atoms with Crippen molar-refractivity contribution < 1.29 is 4.52 Å². The van der Waals surface area contributed by atoms with E-state index in [9.17, 15) is 4.79 Å². The minimum atomic E-state index is -0.246. The first-order chi connectivity index (χ1) is 9.19. The Hall–Kier alpha value is -2.50. The Balaban J connectivity index is 2.26. The predicted molar refractivity (Wildman–Crippen MR) is 69.8 cm³/mol. The molecule has 3 aromatic rings. The molecule has 6 heteroatoms. The Morgan fingerprint density at radius 3 is 3.00 bits per heavy atom. The fraction of sp³-hybridized carbons (Fsp3) is 0.231. The molecule has 0 radical (unpaired) electrons. The quantitative estimate of drug-likeness (QED) is 0.756. The number of nitrogens with zero attached hydrogens (tertiary/aromatic N) is 3. The molecule has 0 aliphatic heterocycles. The molecule has 3 heterocycles. The molecular formula is C13H12N4O2. The highest BCUT2D eigenvalue weighted by Crippen LogP contribution is 2.19. The molecule has 0 saturated heterocycles. The van der Waals surface area contributed by atoms with Gasteiger partial charge in [0.05, 0.1) is 5.52 Å². The summed E-state index contributed by atoms with van der Waals surface area (Å²) < 4.78 is 5.11. The van der Waals surface area contributed by atoms with E-state index in [0.717, 1.165) is 16.6 Å². The van der Waals surface area contributed by atoms with Gasteiger partial charge in [-0.15, -0.1) is 0 Å². The van der Waals surface area contributed by atoms with Crippen LogP contribution in [0.4, 0.5) is 0 Å². The minimum Gasteiger partial charge on any atom is -0.334 e. The van der Waals surface area contributed by atoms with Crippen LogP contribution < -0.4 is 5.56 Å². The fourth-order valence-electron chi connectivity index (χ4n) is 1.93. The third kappa shape index (κ3) is 1.91. The number of pyridine rings is 2. The second-order valence-corrected chi connectivity index (χ2v) is 4.24. The van der Waals surface area contributed by atoms with Gasteiger partial charge in [-0.05, 0) is 19.1 Å². The highest BCUT2D eigenvalue weighted by Gasteiger charge is 2.13. The summed E-state index contributed by atoms with van der Waals surface area (Å²) in [6, 6.07) is 3.50. The summed E-state index contributed by atoms with van der Waals surface area (Å²) in [4.78, 5) is 23.2. The molecule has 19 heavy (non-hydrogen) atoms. The zero-order chi connectivity index (χ0) is 13.4. The Bertz CT molecular complexity index is 804. The summed E-state index contributed by atoms with van der Waals surface area (Å²) in [6.45, 7) is 3.81. The average molecular weight is 256 g/mol. The molecular weight excluding hydrogens is 244 g/mol. The second-order valence-electron chi connectivity index (χ2n) is 4.24. The maximum Gasteiger partial charge on any atom is 0.263 e. The summed E-state index contributed by atoms with van der Waals surface area (Å²) >= 11 is 0. The van der Waals surface area contributed by atoms with Crippen molar-refractivity contribution in [1.29, 1.82) is 0 Å². The third-order valence-corrected chi connectivity index (χ3v) is 2.99. The van der Waals surface area contributed by atoms with E-state index in [0.29, 0.717) is 17.8 Å². The molecule has 0 bridgehead atoms. The molecule has 0 aromatic carbocycles. The van der Waals surface area contributed by atoms with Gasteiger partial charge >= 0.3 is 0 Å². The maximum absolute atomic E-state index is 12.0. The molecule has 0 unspecified atom stereocenters. The van der Waals surface area contributed by atoms with Gasteiger partial charge in [-0.25, -0.2) is 0 Å². The second kappa shape index (κ2) is 4.31. The number of aromatic nitrogens is 4. The maximum atomic E-state index is 12.0. The number of fused-ring (bicyclic) bond motifs is 1. The molecule has 0 aliphatic rings. The van der Waals surface area contributed by atoms with E-state index in [1.165, 1.54) is 0 Å². The van der Waals surface area contributed by atoms with Crippen LogP contribution >= 0.6 is 0 Å². The van der Waals surface area contributed by atoms with Crippen molar-refractivity contribution >= 4 is 10.9 Å². The Labute approximate surface area is 108 Å². The standard InChI is InChI=1S/C13H12N4O2/c1-3-11-16-13(19-17-11)9-6-8-7(2)14-5-4-10(8)15-12(9)18/h4-6H,3H2,1-2H3,(H,15,18). The van der Waals surface area contributed by atoms with E-state index in [2.05, 4.69) is 20.1 Å². The molecule has 6 nitrogen and oxygen atoms in total. The summed E-state index contributed by atoms with van der Waals surface area (Å²) in [7, 11) is 0. The molecule has 1 N–H and O–H groups in total. The van der Waals surface area contributed by atoms with Gasteiger partial charge in [0.15, 0.2) is 5.82 Å². The third-order valence-electron chi connectivity index (χ3n) is 2.99. The average Bonchev–Trinajstić information content (AvgIpc) is 2.87. The Morgan fingerprint density at radius 1 is 1.42 bits per heavy atom. The first kappa shape index (κ1) is 11.6. The zero-order valence-corrected chi connectivity index (χ0v) is 10.6. The van der Waals surface area contributed by atoms with Crippen LogP contribution in [0.15, 0.2) is 27.6 Å². The van der Waals surface area contributed by atoms with Gasteiger partial charge in [-0.1, -0.05) is 12.1 Å². The largest absolute Gasteiger partial charge is 0.334 e. The van der Waals surface area contributed by atoms with Gasteiger partial charge in [0, 0.05) is 23.7 Å². The van der Waals surface area contributed by atoms with Gasteiger partial charge in [0.25, 0.3) is 11.4 Å². The summed E-state index contributed by atoms with van der Waals surface area (Å²) in [5.41, 5.74) is 1.71. The molecule has 0 aliphatic carbocycles. The van der Waals surface area contributed by atoms with Gasteiger partial charge in [-0.3, -0.25) is 9.78 Å². The molecule has 3 rings (SSSR count). The highest BCUT2D eigenvalue weighted by atomic mass is 16.5. The van der Waals surface area contributed by atoms with E-state index < -0.39 is 0 Å². The topological polar surface area (TPSA) is 84.7 Å². The lowest BCUT2D eigenvalue weighted by Gasteiger charge is -2.02. The Morgan fingerprint density at radius 2 is 2.26 bits per heavy atom. The SMILES string of the molecule is CCc1noc(-c2cc3c(C)nccc3[nH]c2=O)n1. The van der Waals surface area contributed by atoms with Crippen LogP contribution in [0.2, 0.25) is 0 Å². The number of aryl methyl sites for hydroxylation is 2. The fourth-order valence-corrected chi connectivity index (χ4v) is 1.93. The van der Waals surface area contributed by atoms with Crippen LogP contribution in [0.1, 0.15) is 18.4 Å².